The van der Waals surface area contributed by atoms with Crippen LogP contribution in [0.25, 0.3) is 11.0 Å². The number of benzene rings is 1. The number of aryl methyl sites for hydroxylation is 1. The van der Waals surface area contributed by atoms with Gasteiger partial charge in [0, 0.05) is 46.2 Å². The molecule has 1 heterocycles. The number of furan rings is 1. The first-order chi connectivity index (χ1) is 9.63. The van der Waals surface area contributed by atoms with Gasteiger partial charge >= 0.3 is 0 Å². The summed E-state index contributed by atoms with van der Waals surface area (Å²) in [5, 5.41) is 4.89. The molecule has 0 saturated heterocycles. The van der Waals surface area contributed by atoms with Crippen molar-refractivity contribution in [1.82, 2.24) is 5.32 Å². The van der Waals surface area contributed by atoms with E-state index < -0.39 is 10.8 Å². The lowest BCUT2D eigenvalue weighted by Crippen LogP contribution is -2.21. The van der Waals surface area contributed by atoms with Crippen LogP contribution in [0.2, 0.25) is 0 Å². The first-order valence-electron chi connectivity index (χ1n) is 7.15. The summed E-state index contributed by atoms with van der Waals surface area (Å²) in [7, 11) is -0.737. The van der Waals surface area contributed by atoms with Crippen LogP contribution in [0.5, 0.6) is 0 Å². The first kappa shape index (κ1) is 15.3. The highest BCUT2D eigenvalue weighted by atomic mass is 32.2. The molecule has 0 aliphatic carbocycles. The molecule has 1 N–H and O–H groups in total. The molecule has 2 unspecified atom stereocenters. The van der Waals surface area contributed by atoms with Crippen molar-refractivity contribution < 1.29 is 8.63 Å². The van der Waals surface area contributed by atoms with Crippen LogP contribution in [0.3, 0.4) is 0 Å². The predicted molar refractivity (Wildman–Crippen MR) is 85.4 cm³/mol. The van der Waals surface area contributed by atoms with E-state index in [0.717, 1.165) is 37.3 Å². The second-order valence-corrected chi connectivity index (χ2v) is 6.93. The summed E-state index contributed by atoms with van der Waals surface area (Å²) in [6.45, 7) is 5.83. The van der Waals surface area contributed by atoms with Gasteiger partial charge in [0.2, 0.25) is 0 Å². The van der Waals surface area contributed by atoms with Gasteiger partial charge in [-0.05, 0) is 19.0 Å². The Bertz CT molecular complexity index is 591. The third kappa shape index (κ3) is 3.49. The van der Waals surface area contributed by atoms with Gasteiger partial charge in [0.15, 0.2) is 0 Å². The fourth-order valence-corrected chi connectivity index (χ4v) is 2.76. The van der Waals surface area contributed by atoms with Crippen LogP contribution in [-0.4, -0.2) is 22.3 Å². The summed E-state index contributed by atoms with van der Waals surface area (Å²) in [4.78, 5) is 0. The number of nitrogens with one attached hydrogen (secondary N) is 1. The van der Waals surface area contributed by atoms with E-state index in [1.165, 1.54) is 10.9 Å². The number of fused-ring (bicyclic) bond motifs is 1. The van der Waals surface area contributed by atoms with Crippen LogP contribution >= 0.6 is 0 Å². The van der Waals surface area contributed by atoms with Gasteiger partial charge in [-0.15, -0.1) is 0 Å². The summed E-state index contributed by atoms with van der Waals surface area (Å²) in [6, 6.07) is 8.17. The van der Waals surface area contributed by atoms with Crippen molar-refractivity contribution in [2.45, 2.75) is 38.5 Å². The van der Waals surface area contributed by atoms with Crippen molar-refractivity contribution in [3.8, 4) is 0 Å². The topological polar surface area (TPSA) is 42.2 Å². The van der Waals surface area contributed by atoms with E-state index in [0.29, 0.717) is 0 Å². The van der Waals surface area contributed by atoms with Crippen LogP contribution in [0.1, 0.15) is 31.6 Å². The number of rotatable bonds is 7. The Morgan fingerprint density at radius 2 is 2.10 bits per heavy atom. The number of hydrogen-bond donors (Lipinski definition) is 1. The maximum atomic E-state index is 11.3. The third-order valence-electron chi connectivity index (χ3n) is 3.70. The molecule has 2 aromatic rings. The lowest BCUT2D eigenvalue weighted by atomic mass is 10.1. The molecule has 110 valence electrons. The van der Waals surface area contributed by atoms with Crippen molar-refractivity contribution in [3.63, 3.8) is 0 Å². The maximum absolute atomic E-state index is 11.3. The molecule has 0 spiro atoms. The predicted octanol–water partition coefficient (Wildman–Crippen LogP) is 3.24. The molecule has 20 heavy (non-hydrogen) atoms. The normalized spacial score (nSPS) is 14.6. The molecule has 0 bridgehead atoms. The lowest BCUT2D eigenvalue weighted by Gasteiger charge is -2.09. The lowest BCUT2D eigenvalue weighted by molar-refractivity contribution is 0.542. The zero-order chi connectivity index (χ0) is 14.5. The summed E-state index contributed by atoms with van der Waals surface area (Å²) in [5.74, 6) is 1.06. The molecule has 4 heteroatoms. The fraction of sp³-hybridized carbons (Fsp3) is 0.500. The molecule has 0 radical (unpaired) electrons. The molecule has 0 saturated carbocycles. The average Bonchev–Trinajstić information content (AvgIpc) is 2.81. The Morgan fingerprint density at radius 3 is 2.80 bits per heavy atom. The molecule has 2 atom stereocenters. The molecular weight excluding hydrogens is 270 g/mol. The number of para-hydroxylation sites is 1. The van der Waals surface area contributed by atoms with Gasteiger partial charge in [-0.3, -0.25) is 4.21 Å². The SMILES string of the molecule is CCc1oc2ccccc2c1CNCCC(C)S(C)=O. The van der Waals surface area contributed by atoms with Crippen molar-refractivity contribution in [3.05, 3.63) is 35.6 Å². The van der Waals surface area contributed by atoms with E-state index in [-0.39, 0.29) is 5.25 Å². The van der Waals surface area contributed by atoms with Crippen LogP contribution in [0.15, 0.2) is 28.7 Å². The third-order valence-corrected chi connectivity index (χ3v) is 5.07. The van der Waals surface area contributed by atoms with Crippen LogP contribution in [-0.2, 0) is 23.8 Å². The Kier molecular flexibility index (Phi) is 5.38. The molecule has 1 aromatic heterocycles. The van der Waals surface area contributed by atoms with E-state index in [1.807, 2.05) is 25.1 Å². The minimum Gasteiger partial charge on any atom is -0.461 e. The van der Waals surface area contributed by atoms with Crippen molar-refractivity contribution in [2.24, 2.45) is 0 Å². The van der Waals surface area contributed by atoms with Crippen LogP contribution in [0.4, 0.5) is 0 Å². The Hall–Kier alpha value is -1.13. The smallest absolute Gasteiger partial charge is 0.134 e. The average molecular weight is 293 g/mol. The molecule has 0 aliphatic rings. The molecule has 1 aromatic carbocycles. The van der Waals surface area contributed by atoms with Gasteiger partial charge < -0.3 is 9.73 Å². The highest BCUT2D eigenvalue weighted by molar-refractivity contribution is 7.84. The minimum atomic E-state index is -0.737. The maximum Gasteiger partial charge on any atom is 0.134 e. The summed E-state index contributed by atoms with van der Waals surface area (Å²) >= 11 is 0. The fourth-order valence-electron chi connectivity index (χ4n) is 2.31. The summed E-state index contributed by atoms with van der Waals surface area (Å²) in [5.41, 5.74) is 2.22. The first-order valence-corrected chi connectivity index (χ1v) is 8.77. The molecule has 0 aliphatic heterocycles. The molecular formula is C16H23NO2S. The molecule has 0 amide bonds. The van der Waals surface area contributed by atoms with Crippen LogP contribution < -0.4 is 5.32 Å². The van der Waals surface area contributed by atoms with Crippen molar-refractivity contribution in [1.29, 1.82) is 0 Å². The van der Waals surface area contributed by atoms with E-state index in [9.17, 15) is 4.21 Å². The zero-order valence-electron chi connectivity index (χ0n) is 12.4. The van der Waals surface area contributed by atoms with E-state index in [1.54, 1.807) is 6.26 Å². The van der Waals surface area contributed by atoms with E-state index >= 15 is 0 Å². The Morgan fingerprint density at radius 1 is 1.35 bits per heavy atom. The van der Waals surface area contributed by atoms with E-state index in [4.69, 9.17) is 4.42 Å². The van der Waals surface area contributed by atoms with Gasteiger partial charge in [-0.25, -0.2) is 0 Å². The van der Waals surface area contributed by atoms with Crippen molar-refractivity contribution in [2.75, 3.05) is 12.8 Å². The Labute approximate surface area is 123 Å². The van der Waals surface area contributed by atoms with E-state index in [2.05, 4.69) is 18.3 Å². The van der Waals surface area contributed by atoms with Gasteiger partial charge in [-0.1, -0.05) is 32.0 Å². The zero-order valence-corrected chi connectivity index (χ0v) is 13.3. The van der Waals surface area contributed by atoms with Crippen molar-refractivity contribution >= 4 is 21.8 Å². The van der Waals surface area contributed by atoms with Gasteiger partial charge in [0.1, 0.15) is 11.3 Å². The quantitative estimate of drug-likeness (QED) is 0.797. The highest BCUT2D eigenvalue weighted by Gasteiger charge is 2.12. The van der Waals surface area contributed by atoms with Crippen LogP contribution in [0, 0.1) is 0 Å². The monoisotopic (exact) mass is 293 g/mol. The summed E-state index contributed by atoms with van der Waals surface area (Å²) < 4.78 is 17.2. The molecule has 0 fully saturated rings. The largest absolute Gasteiger partial charge is 0.461 e. The number of hydrogen-bond acceptors (Lipinski definition) is 3. The van der Waals surface area contributed by atoms with Gasteiger partial charge in [0.25, 0.3) is 0 Å². The molecule has 3 nitrogen and oxygen atoms in total. The Balaban J connectivity index is 2.00. The van der Waals surface area contributed by atoms with Gasteiger partial charge in [0.05, 0.1) is 0 Å². The van der Waals surface area contributed by atoms with Gasteiger partial charge in [-0.2, -0.15) is 0 Å². The second kappa shape index (κ2) is 7.04. The standard InChI is InChI=1S/C16H23NO2S/c1-4-15-14(11-17-10-9-12(2)20(3)18)13-7-5-6-8-16(13)19-15/h5-8,12,17H,4,9-11H2,1-3H3. The summed E-state index contributed by atoms with van der Waals surface area (Å²) in [6.07, 6.45) is 3.60. The second-order valence-electron chi connectivity index (χ2n) is 5.13. The minimum absolute atomic E-state index is 0.245. The molecule has 2 rings (SSSR count). The highest BCUT2D eigenvalue weighted by Crippen LogP contribution is 2.26.